The van der Waals surface area contributed by atoms with Crippen molar-refractivity contribution < 1.29 is 23.9 Å². The van der Waals surface area contributed by atoms with Gasteiger partial charge in [0.1, 0.15) is 6.54 Å². The molecule has 2 fully saturated rings. The molecule has 3 aliphatic rings. The van der Waals surface area contributed by atoms with Crippen molar-refractivity contribution in [1.82, 2.24) is 20.2 Å². The highest BCUT2D eigenvalue weighted by molar-refractivity contribution is 6.10. The monoisotopic (exact) mass is 437 g/mol. The summed E-state index contributed by atoms with van der Waals surface area (Å²) in [6, 6.07) is 4.50. The van der Waals surface area contributed by atoms with Crippen LogP contribution in [-0.4, -0.2) is 45.0 Å². The van der Waals surface area contributed by atoms with Gasteiger partial charge in [0.05, 0.1) is 11.9 Å². The first-order chi connectivity index (χ1) is 15.4. The quantitative estimate of drug-likeness (QED) is 0.704. The fourth-order valence-corrected chi connectivity index (χ4v) is 4.38. The Bertz CT molecular complexity index is 1090. The third kappa shape index (κ3) is 3.41. The van der Waals surface area contributed by atoms with E-state index in [9.17, 15) is 14.4 Å². The van der Waals surface area contributed by atoms with E-state index in [-0.39, 0.29) is 0 Å². The van der Waals surface area contributed by atoms with Crippen molar-refractivity contribution in [2.45, 2.75) is 50.4 Å². The minimum absolute atomic E-state index is 0.300. The highest BCUT2D eigenvalue weighted by Gasteiger charge is 2.50. The van der Waals surface area contributed by atoms with Gasteiger partial charge in [0, 0.05) is 37.0 Å². The smallest absolute Gasteiger partial charge is 0.325 e. The van der Waals surface area contributed by atoms with Gasteiger partial charge in [-0.2, -0.15) is 0 Å². The van der Waals surface area contributed by atoms with Crippen molar-refractivity contribution in [3.8, 4) is 11.5 Å². The Morgan fingerprint density at radius 3 is 2.69 bits per heavy atom. The van der Waals surface area contributed by atoms with E-state index in [1.165, 1.54) is 31.9 Å². The molecule has 4 amide bonds. The molecule has 10 nitrogen and oxygen atoms in total. The van der Waals surface area contributed by atoms with Gasteiger partial charge >= 0.3 is 6.03 Å². The van der Waals surface area contributed by atoms with Crippen molar-refractivity contribution in [3.63, 3.8) is 0 Å². The summed E-state index contributed by atoms with van der Waals surface area (Å²) >= 11 is 0. The number of aromatic nitrogens is 2. The molecule has 1 saturated heterocycles. The Labute approximate surface area is 184 Å². The van der Waals surface area contributed by atoms with Crippen LogP contribution in [0.5, 0.6) is 11.5 Å². The molecule has 2 aromatic rings. The number of amides is 4. The molecular formula is C22H23N5O5. The second-order valence-corrected chi connectivity index (χ2v) is 8.42. The number of hydrogen-bond acceptors (Lipinski definition) is 7. The van der Waals surface area contributed by atoms with Crippen molar-refractivity contribution in [2.24, 2.45) is 0 Å². The SMILES string of the molecule is CC1(c2cnccn2)NC(=O)N(CC(=O)Nc2ccc3c(c2)OC2(CCCCC2)O3)C1=O. The second kappa shape index (κ2) is 7.47. The van der Waals surface area contributed by atoms with E-state index < -0.39 is 35.7 Å². The first-order valence-corrected chi connectivity index (χ1v) is 10.6. The largest absolute Gasteiger partial charge is 0.448 e. The third-order valence-corrected chi connectivity index (χ3v) is 6.09. The first-order valence-electron chi connectivity index (χ1n) is 10.6. The number of benzene rings is 1. The van der Waals surface area contributed by atoms with Gasteiger partial charge in [-0.15, -0.1) is 0 Å². The predicted molar refractivity (Wildman–Crippen MR) is 112 cm³/mol. The molecule has 3 heterocycles. The summed E-state index contributed by atoms with van der Waals surface area (Å²) in [7, 11) is 0. The average Bonchev–Trinajstić information content (AvgIpc) is 3.24. The van der Waals surface area contributed by atoms with E-state index in [0.717, 1.165) is 30.6 Å². The summed E-state index contributed by atoms with van der Waals surface area (Å²) in [5.74, 6) is -0.450. The zero-order valence-corrected chi connectivity index (χ0v) is 17.6. The number of urea groups is 1. The number of nitrogens with zero attached hydrogens (tertiary/aromatic N) is 3. The maximum Gasteiger partial charge on any atom is 0.325 e. The van der Waals surface area contributed by atoms with E-state index in [1.54, 1.807) is 18.2 Å². The van der Waals surface area contributed by atoms with Gasteiger partial charge in [0.25, 0.3) is 11.7 Å². The number of imide groups is 1. The molecule has 1 aliphatic carbocycles. The third-order valence-electron chi connectivity index (χ3n) is 6.09. The average molecular weight is 437 g/mol. The van der Waals surface area contributed by atoms with Gasteiger partial charge in [0.15, 0.2) is 17.0 Å². The number of anilines is 1. The van der Waals surface area contributed by atoms with Crippen LogP contribution in [0.25, 0.3) is 0 Å². The van der Waals surface area contributed by atoms with Crippen LogP contribution in [0.1, 0.15) is 44.7 Å². The van der Waals surface area contributed by atoms with Crippen molar-refractivity contribution in [1.29, 1.82) is 0 Å². The predicted octanol–water partition coefficient (Wildman–Crippen LogP) is 2.31. The van der Waals surface area contributed by atoms with E-state index in [4.69, 9.17) is 9.47 Å². The maximum absolute atomic E-state index is 12.9. The minimum atomic E-state index is -1.38. The molecule has 1 unspecified atom stereocenters. The molecule has 0 bridgehead atoms. The van der Waals surface area contributed by atoms with Gasteiger partial charge in [0.2, 0.25) is 5.91 Å². The van der Waals surface area contributed by atoms with Gasteiger partial charge in [-0.1, -0.05) is 6.42 Å². The van der Waals surface area contributed by atoms with E-state index in [1.807, 2.05) is 0 Å². The van der Waals surface area contributed by atoms with E-state index >= 15 is 0 Å². The minimum Gasteiger partial charge on any atom is -0.448 e. The molecule has 1 aromatic carbocycles. The summed E-state index contributed by atoms with van der Waals surface area (Å²) < 4.78 is 12.1. The lowest BCUT2D eigenvalue weighted by atomic mass is 9.94. The fourth-order valence-electron chi connectivity index (χ4n) is 4.38. The Balaban J connectivity index is 1.26. The molecule has 0 radical (unpaired) electrons. The van der Waals surface area contributed by atoms with Gasteiger partial charge in [-0.25, -0.2) is 4.79 Å². The van der Waals surface area contributed by atoms with Crippen molar-refractivity contribution >= 4 is 23.5 Å². The lowest BCUT2D eigenvalue weighted by Crippen LogP contribution is -2.42. The number of nitrogens with one attached hydrogen (secondary N) is 2. The summed E-state index contributed by atoms with van der Waals surface area (Å²) in [6.45, 7) is 1.10. The molecule has 1 spiro atoms. The maximum atomic E-state index is 12.9. The van der Waals surface area contributed by atoms with Crippen molar-refractivity contribution in [3.05, 3.63) is 42.5 Å². The molecule has 2 N–H and O–H groups in total. The molecule has 1 aromatic heterocycles. The van der Waals surface area contributed by atoms with Crippen molar-refractivity contribution in [2.75, 3.05) is 11.9 Å². The molecule has 1 atom stereocenters. The topological polar surface area (TPSA) is 123 Å². The second-order valence-electron chi connectivity index (χ2n) is 8.42. The molecule has 32 heavy (non-hydrogen) atoms. The number of carbonyl (C=O) groups excluding carboxylic acids is 3. The van der Waals surface area contributed by atoms with Gasteiger partial charge < -0.3 is 20.1 Å². The molecule has 10 heteroatoms. The lowest BCUT2D eigenvalue weighted by Gasteiger charge is -2.31. The highest BCUT2D eigenvalue weighted by Crippen LogP contribution is 2.46. The number of ether oxygens (including phenoxy) is 2. The molecule has 1 saturated carbocycles. The Morgan fingerprint density at radius 1 is 1.16 bits per heavy atom. The standard InChI is InChI=1S/C22H23N5O5/c1-21(17-12-23-9-10-24-17)19(29)27(20(30)26-21)13-18(28)25-14-5-6-15-16(11-14)32-22(31-15)7-3-2-4-8-22/h5-6,9-12H,2-4,7-8,13H2,1H3,(H,25,28)(H,26,30). The van der Waals surface area contributed by atoms with Crippen LogP contribution in [0, 0.1) is 0 Å². The summed E-state index contributed by atoms with van der Waals surface area (Å²) in [6.07, 6.45) is 9.26. The number of rotatable bonds is 4. The van der Waals surface area contributed by atoms with Gasteiger partial charge in [-0.3, -0.25) is 24.5 Å². The van der Waals surface area contributed by atoms with Crippen LogP contribution in [0.3, 0.4) is 0 Å². The lowest BCUT2D eigenvalue weighted by molar-refractivity contribution is -0.133. The highest BCUT2D eigenvalue weighted by atomic mass is 16.7. The Kier molecular flexibility index (Phi) is 4.72. The Hall–Kier alpha value is -3.69. The number of fused-ring (bicyclic) bond motifs is 1. The fraction of sp³-hybridized carbons (Fsp3) is 0.409. The number of carbonyl (C=O) groups is 3. The number of hydrogen-bond donors (Lipinski definition) is 2. The summed E-state index contributed by atoms with van der Waals surface area (Å²) in [5.41, 5.74) is -0.582. The zero-order chi connectivity index (χ0) is 22.3. The normalized spacial score (nSPS) is 23.3. The molecular weight excluding hydrogens is 414 g/mol. The molecule has 2 aliphatic heterocycles. The Morgan fingerprint density at radius 2 is 1.94 bits per heavy atom. The van der Waals surface area contributed by atoms with E-state index in [0.29, 0.717) is 22.9 Å². The van der Waals surface area contributed by atoms with Crippen LogP contribution < -0.4 is 20.1 Å². The molecule has 5 rings (SSSR count). The van der Waals surface area contributed by atoms with Crippen LogP contribution in [0.4, 0.5) is 10.5 Å². The summed E-state index contributed by atoms with van der Waals surface area (Å²) in [4.78, 5) is 46.9. The van der Waals surface area contributed by atoms with Crippen LogP contribution >= 0.6 is 0 Å². The van der Waals surface area contributed by atoms with Crippen LogP contribution in [-0.2, 0) is 15.1 Å². The first kappa shape index (κ1) is 20.2. The summed E-state index contributed by atoms with van der Waals surface area (Å²) in [5, 5.41) is 5.32. The van der Waals surface area contributed by atoms with E-state index in [2.05, 4.69) is 20.6 Å². The zero-order valence-electron chi connectivity index (χ0n) is 17.6. The van der Waals surface area contributed by atoms with Gasteiger partial charge in [-0.05, 0) is 31.9 Å². The molecule has 166 valence electrons. The van der Waals surface area contributed by atoms with Crippen LogP contribution in [0.15, 0.2) is 36.8 Å². The van der Waals surface area contributed by atoms with Crippen LogP contribution in [0.2, 0.25) is 0 Å².